The van der Waals surface area contributed by atoms with Crippen molar-refractivity contribution in [3.05, 3.63) is 69.4 Å². The third kappa shape index (κ3) is 5.47. The third-order valence-corrected chi connectivity index (χ3v) is 7.27. The summed E-state index contributed by atoms with van der Waals surface area (Å²) in [6.45, 7) is 12.0. The Kier molecular flexibility index (Phi) is 8.00. The zero-order valence-corrected chi connectivity index (χ0v) is 21.0. The summed E-state index contributed by atoms with van der Waals surface area (Å²) in [6, 6.07) is 6.59. The van der Waals surface area contributed by atoms with Crippen LogP contribution in [0.15, 0.2) is 48.3 Å². The smallest absolute Gasteiger partial charge is 0.290 e. The number of thiazole rings is 1. The van der Waals surface area contributed by atoms with Gasteiger partial charge in [-0.15, -0.1) is 11.3 Å². The maximum atomic E-state index is 13.6. The molecule has 1 aromatic carbocycles. The fourth-order valence-corrected chi connectivity index (χ4v) is 5.39. The molecule has 35 heavy (non-hydrogen) atoms. The van der Waals surface area contributed by atoms with E-state index in [1.807, 2.05) is 19.1 Å². The molecule has 1 aromatic heterocycles. The number of carbonyl (C=O) groups is 2. The standard InChI is InChI=1S/C26H31N3O5S/c1-4-14-34-20-8-6-19(7-9-20)22-21(23(30)25-17(2)27-18(3)35-25)24(31)26(32)29(22)11-5-10-28-12-15-33-16-13-28/h4,6-9,22,31H,1,5,10-16H2,2-3H3. The Morgan fingerprint density at radius 2 is 1.97 bits per heavy atom. The maximum absolute atomic E-state index is 13.6. The number of hydrogen-bond acceptors (Lipinski definition) is 8. The van der Waals surface area contributed by atoms with E-state index in [0.717, 1.165) is 36.6 Å². The molecule has 1 atom stereocenters. The fourth-order valence-electron chi connectivity index (χ4n) is 4.52. The number of aromatic nitrogens is 1. The van der Waals surface area contributed by atoms with Crippen molar-refractivity contribution in [1.29, 1.82) is 0 Å². The minimum absolute atomic E-state index is 0.105. The highest BCUT2D eigenvalue weighted by Gasteiger charge is 2.44. The predicted octanol–water partition coefficient (Wildman–Crippen LogP) is 3.63. The van der Waals surface area contributed by atoms with Gasteiger partial charge in [0, 0.05) is 26.2 Å². The van der Waals surface area contributed by atoms with Crippen molar-refractivity contribution in [1.82, 2.24) is 14.8 Å². The van der Waals surface area contributed by atoms with Crippen molar-refractivity contribution in [3.63, 3.8) is 0 Å². The summed E-state index contributed by atoms with van der Waals surface area (Å²) in [7, 11) is 0. The first-order valence-corrected chi connectivity index (χ1v) is 12.6. The van der Waals surface area contributed by atoms with Crippen molar-refractivity contribution >= 4 is 23.0 Å². The minimum atomic E-state index is -0.685. The van der Waals surface area contributed by atoms with Crippen LogP contribution in [0.2, 0.25) is 0 Å². The average molecular weight is 498 g/mol. The fraction of sp³-hybridized carbons (Fsp3) is 0.423. The number of Topliss-reactive ketones (excluding diaryl/α,β-unsaturated/α-hetero) is 1. The second-order valence-corrected chi connectivity index (χ2v) is 9.82. The molecule has 0 aliphatic carbocycles. The van der Waals surface area contributed by atoms with E-state index in [4.69, 9.17) is 9.47 Å². The van der Waals surface area contributed by atoms with E-state index in [0.29, 0.717) is 42.7 Å². The molecule has 3 heterocycles. The summed E-state index contributed by atoms with van der Waals surface area (Å²) in [4.78, 5) is 35.5. The Morgan fingerprint density at radius 1 is 1.26 bits per heavy atom. The highest BCUT2D eigenvalue weighted by atomic mass is 32.1. The van der Waals surface area contributed by atoms with E-state index in [-0.39, 0.29) is 11.4 Å². The molecular formula is C26H31N3O5S. The molecule has 0 saturated carbocycles. The van der Waals surface area contributed by atoms with Crippen LogP contribution in [0.4, 0.5) is 0 Å². The summed E-state index contributed by atoms with van der Waals surface area (Å²) >= 11 is 1.28. The van der Waals surface area contributed by atoms with E-state index in [9.17, 15) is 14.7 Å². The topological polar surface area (TPSA) is 92.2 Å². The van der Waals surface area contributed by atoms with Crippen molar-refractivity contribution in [2.45, 2.75) is 26.3 Å². The Labute approximate surface area is 209 Å². The molecule has 1 unspecified atom stereocenters. The van der Waals surface area contributed by atoms with Gasteiger partial charge in [0.15, 0.2) is 5.76 Å². The Balaban J connectivity index is 1.62. The number of carbonyl (C=O) groups excluding carboxylic acids is 2. The first-order chi connectivity index (χ1) is 16.9. The number of ether oxygens (including phenoxy) is 2. The number of aryl methyl sites for hydroxylation is 2. The van der Waals surface area contributed by atoms with Gasteiger partial charge < -0.3 is 19.5 Å². The summed E-state index contributed by atoms with van der Waals surface area (Å²) in [5.74, 6) is -0.700. The van der Waals surface area contributed by atoms with Crippen LogP contribution in [0.25, 0.3) is 0 Å². The van der Waals surface area contributed by atoms with Crippen LogP contribution in [0.5, 0.6) is 5.75 Å². The van der Waals surface area contributed by atoms with Gasteiger partial charge in [-0.2, -0.15) is 0 Å². The Hall–Kier alpha value is -3.01. The van der Waals surface area contributed by atoms with Crippen LogP contribution in [-0.4, -0.2) is 77.6 Å². The summed E-state index contributed by atoms with van der Waals surface area (Å²) < 4.78 is 11.0. The third-order valence-electron chi connectivity index (χ3n) is 6.20. The molecule has 0 radical (unpaired) electrons. The van der Waals surface area contributed by atoms with E-state index in [1.54, 1.807) is 30.0 Å². The molecule has 1 N–H and O–H groups in total. The van der Waals surface area contributed by atoms with Crippen LogP contribution in [0.1, 0.15) is 38.4 Å². The lowest BCUT2D eigenvalue weighted by Crippen LogP contribution is -2.39. The first kappa shape index (κ1) is 25.1. The number of rotatable bonds is 10. The van der Waals surface area contributed by atoms with Crippen molar-refractivity contribution in [2.75, 3.05) is 46.0 Å². The van der Waals surface area contributed by atoms with Gasteiger partial charge in [0.1, 0.15) is 12.4 Å². The average Bonchev–Trinajstić information content (AvgIpc) is 3.33. The molecule has 186 valence electrons. The van der Waals surface area contributed by atoms with Crippen molar-refractivity contribution in [2.24, 2.45) is 0 Å². The second-order valence-electron chi connectivity index (χ2n) is 8.62. The number of aliphatic hydroxyl groups excluding tert-OH is 1. The molecule has 2 aliphatic heterocycles. The zero-order valence-electron chi connectivity index (χ0n) is 20.2. The number of ketones is 1. The molecule has 9 heteroatoms. The van der Waals surface area contributed by atoms with Gasteiger partial charge >= 0.3 is 0 Å². The van der Waals surface area contributed by atoms with Crippen LogP contribution >= 0.6 is 11.3 Å². The Morgan fingerprint density at radius 3 is 2.60 bits per heavy atom. The zero-order chi connectivity index (χ0) is 24.9. The van der Waals surface area contributed by atoms with E-state index >= 15 is 0 Å². The summed E-state index contributed by atoms with van der Waals surface area (Å²) in [5.41, 5.74) is 1.44. The molecule has 2 aromatic rings. The van der Waals surface area contributed by atoms with Gasteiger partial charge in [-0.1, -0.05) is 24.8 Å². The summed E-state index contributed by atoms with van der Waals surface area (Å²) in [6.07, 6.45) is 2.38. The number of amides is 1. The van der Waals surface area contributed by atoms with Gasteiger partial charge in [-0.05, 0) is 38.0 Å². The van der Waals surface area contributed by atoms with Crippen LogP contribution in [0.3, 0.4) is 0 Å². The van der Waals surface area contributed by atoms with Crippen LogP contribution in [-0.2, 0) is 9.53 Å². The molecule has 2 aliphatic rings. The molecule has 4 rings (SSSR count). The summed E-state index contributed by atoms with van der Waals surface area (Å²) in [5, 5.41) is 11.7. The molecule has 0 spiro atoms. The number of hydrogen-bond donors (Lipinski definition) is 1. The van der Waals surface area contributed by atoms with Gasteiger partial charge in [0.2, 0.25) is 5.78 Å². The van der Waals surface area contributed by atoms with Crippen molar-refractivity contribution in [3.8, 4) is 5.75 Å². The van der Waals surface area contributed by atoms with E-state index in [1.165, 1.54) is 11.3 Å². The molecule has 0 bridgehead atoms. The first-order valence-electron chi connectivity index (χ1n) is 11.8. The monoisotopic (exact) mass is 497 g/mol. The molecule has 8 nitrogen and oxygen atoms in total. The minimum Gasteiger partial charge on any atom is -0.503 e. The number of benzene rings is 1. The van der Waals surface area contributed by atoms with Gasteiger partial charge in [-0.3, -0.25) is 14.5 Å². The van der Waals surface area contributed by atoms with E-state index < -0.39 is 17.7 Å². The second kappa shape index (κ2) is 11.2. The predicted molar refractivity (Wildman–Crippen MR) is 134 cm³/mol. The maximum Gasteiger partial charge on any atom is 0.290 e. The van der Waals surface area contributed by atoms with Gasteiger partial charge in [0.25, 0.3) is 5.91 Å². The number of morpholine rings is 1. The lowest BCUT2D eigenvalue weighted by atomic mass is 9.95. The van der Waals surface area contributed by atoms with Gasteiger partial charge in [-0.25, -0.2) is 4.98 Å². The quantitative estimate of drug-likeness (QED) is 0.396. The largest absolute Gasteiger partial charge is 0.503 e. The Bertz CT molecular complexity index is 1120. The highest BCUT2D eigenvalue weighted by molar-refractivity contribution is 7.14. The molecular weight excluding hydrogens is 466 g/mol. The lowest BCUT2D eigenvalue weighted by molar-refractivity contribution is -0.129. The molecule has 1 fully saturated rings. The van der Waals surface area contributed by atoms with Gasteiger partial charge in [0.05, 0.1) is 40.4 Å². The molecule has 1 amide bonds. The SMILES string of the molecule is C=CCOc1ccc(C2C(C(=O)c3sc(C)nc3C)=C(O)C(=O)N2CCCN2CCOCC2)cc1. The van der Waals surface area contributed by atoms with E-state index in [2.05, 4.69) is 16.5 Å². The normalized spacial score (nSPS) is 18.9. The van der Waals surface area contributed by atoms with Crippen molar-refractivity contribution < 1.29 is 24.2 Å². The number of aliphatic hydroxyl groups is 1. The lowest BCUT2D eigenvalue weighted by Gasteiger charge is -2.30. The van der Waals surface area contributed by atoms with Crippen LogP contribution in [0, 0.1) is 13.8 Å². The number of nitrogens with zero attached hydrogens (tertiary/aromatic N) is 3. The molecule has 1 saturated heterocycles. The highest BCUT2D eigenvalue weighted by Crippen LogP contribution is 2.40. The van der Waals surface area contributed by atoms with Crippen LogP contribution < -0.4 is 4.74 Å².